The Kier molecular flexibility index (Phi) is 5.08. The Labute approximate surface area is 111 Å². The largest absolute Gasteiger partial charge is 0.366 e. The molecule has 18 heavy (non-hydrogen) atoms. The topological polar surface area (TPSA) is 79.0 Å². The van der Waals surface area contributed by atoms with Gasteiger partial charge in [-0.3, -0.25) is 0 Å². The lowest BCUT2D eigenvalue weighted by molar-refractivity contribution is -0.170. The minimum Gasteiger partial charge on any atom is -0.366 e. The maximum absolute atomic E-state index is 9.95. The first-order chi connectivity index (χ1) is 8.37. The van der Waals surface area contributed by atoms with Crippen molar-refractivity contribution >= 4 is 11.8 Å². The Hall–Kier alpha value is -1.16. The van der Waals surface area contributed by atoms with Crippen molar-refractivity contribution in [3.05, 3.63) is 18.0 Å². The summed E-state index contributed by atoms with van der Waals surface area (Å²) in [7, 11) is 0. The van der Waals surface area contributed by atoms with Crippen molar-refractivity contribution in [2.75, 3.05) is 6.26 Å². The van der Waals surface area contributed by atoms with E-state index in [1.807, 2.05) is 33.1 Å². The highest BCUT2D eigenvalue weighted by Crippen LogP contribution is 2.23. The maximum atomic E-state index is 9.95. The summed E-state index contributed by atoms with van der Waals surface area (Å²) in [6.45, 7) is 5.45. The van der Waals surface area contributed by atoms with E-state index >= 15 is 0 Å². The van der Waals surface area contributed by atoms with Crippen LogP contribution in [0, 0.1) is 11.3 Å². The van der Waals surface area contributed by atoms with Crippen molar-refractivity contribution in [2.45, 2.75) is 43.7 Å². The molecular formula is C12H17N3O2S. The normalized spacial score (nSPS) is 14.9. The molecule has 1 N–H and O–H groups in total. The van der Waals surface area contributed by atoms with Crippen molar-refractivity contribution in [1.29, 1.82) is 5.26 Å². The Morgan fingerprint density at radius 1 is 1.50 bits per heavy atom. The summed E-state index contributed by atoms with van der Waals surface area (Å²) in [6, 6.07) is 3.63. The van der Waals surface area contributed by atoms with Gasteiger partial charge in [0, 0.05) is 6.20 Å². The number of rotatable bonds is 4. The van der Waals surface area contributed by atoms with E-state index in [1.54, 1.807) is 12.3 Å². The van der Waals surface area contributed by atoms with Gasteiger partial charge < -0.3 is 9.84 Å². The lowest BCUT2D eigenvalue weighted by Gasteiger charge is -2.26. The van der Waals surface area contributed by atoms with Crippen molar-refractivity contribution in [3.8, 4) is 6.07 Å². The molecule has 2 unspecified atom stereocenters. The maximum Gasteiger partial charge on any atom is 0.187 e. The summed E-state index contributed by atoms with van der Waals surface area (Å²) in [6.07, 6.45) is 2.21. The third kappa shape index (κ3) is 4.26. The van der Waals surface area contributed by atoms with Crippen LogP contribution in [0.15, 0.2) is 17.4 Å². The molecule has 1 aromatic rings. The molecule has 0 saturated heterocycles. The Morgan fingerprint density at radius 2 is 2.17 bits per heavy atom. The molecule has 0 spiro atoms. The van der Waals surface area contributed by atoms with Crippen molar-refractivity contribution < 1.29 is 9.84 Å². The zero-order valence-corrected chi connectivity index (χ0v) is 11.7. The molecule has 5 nitrogen and oxygen atoms in total. The van der Waals surface area contributed by atoms with Gasteiger partial charge in [-0.05, 0) is 33.1 Å². The smallest absolute Gasteiger partial charge is 0.187 e. The molecule has 0 amide bonds. The van der Waals surface area contributed by atoms with Crippen molar-refractivity contribution in [2.24, 2.45) is 0 Å². The molecule has 0 fully saturated rings. The fourth-order valence-electron chi connectivity index (χ4n) is 1.33. The number of nitrogens with zero attached hydrogens (tertiary/aromatic N) is 3. The molecule has 0 aromatic carbocycles. The van der Waals surface area contributed by atoms with Crippen molar-refractivity contribution in [3.63, 3.8) is 0 Å². The van der Waals surface area contributed by atoms with E-state index in [9.17, 15) is 5.11 Å². The molecule has 6 heteroatoms. The van der Waals surface area contributed by atoms with Gasteiger partial charge in [0.15, 0.2) is 11.4 Å². The van der Waals surface area contributed by atoms with Gasteiger partial charge >= 0.3 is 0 Å². The predicted molar refractivity (Wildman–Crippen MR) is 69.0 cm³/mol. The van der Waals surface area contributed by atoms with Crippen LogP contribution >= 0.6 is 11.8 Å². The fourth-order valence-corrected chi connectivity index (χ4v) is 1.69. The highest BCUT2D eigenvalue weighted by Gasteiger charge is 2.27. The van der Waals surface area contributed by atoms with Gasteiger partial charge in [-0.1, -0.05) is 11.8 Å². The molecular weight excluding hydrogens is 250 g/mol. The first-order valence-electron chi connectivity index (χ1n) is 5.50. The van der Waals surface area contributed by atoms with Crippen molar-refractivity contribution in [1.82, 2.24) is 9.97 Å². The summed E-state index contributed by atoms with van der Waals surface area (Å²) >= 11 is 1.38. The second-order valence-corrected chi connectivity index (χ2v) is 5.47. The number of thioether (sulfide) groups is 1. The van der Waals surface area contributed by atoms with E-state index in [2.05, 4.69) is 9.97 Å². The highest BCUT2D eigenvalue weighted by molar-refractivity contribution is 7.98. The molecule has 0 aliphatic carbocycles. The summed E-state index contributed by atoms with van der Waals surface area (Å²) in [5.41, 5.74) is -0.0576. The lowest BCUT2D eigenvalue weighted by atomic mass is 10.1. The first kappa shape index (κ1) is 14.9. The van der Waals surface area contributed by atoms with Gasteiger partial charge in [0.1, 0.15) is 5.92 Å². The first-order valence-corrected chi connectivity index (χ1v) is 6.72. The molecule has 0 radical (unpaired) electrons. The molecule has 2 atom stereocenters. The Balaban J connectivity index is 2.92. The van der Waals surface area contributed by atoms with Gasteiger partial charge in [-0.2, -0.15) is 5.26 Å². The SMILES string of the molecule is CSc1nccc(C(C#N)C(O)OC(C)(C)C)n1. The number of aliphatic hydroxyl groups excluding tert-OH is 1. The zero-order chi connectivity index (χ0) is 13.8. The van der Waals surface area contributed by atoms with Crippen LogP contribution in [0.3, 0.4) is 0 Å². The second-order valence-electron chi connectivity index (χ2n) is 4.70. The van der Waals surface area contributed by atoms with E-state index < -0.39 is 17.8 Å². The van der Waals surface area contributed by atoms with E-state index in [1.165, 1.54) is 11.8 Å². The van der Waals surface area contributed by atoms with Crippen LogP contribution in [0.25, 0.3) is 0 Å². The van der Waals surface area contributed by atoms with Crippen LogP contribution in [0.1, 0.15) is 32.4 Å². The average Bonchev–Trinajstić information content (AvgIpc) is 2.28. The number of aromatic nitrogens is 2. The van der Waals surface area contributed by atoms with Gasteiger partial charge in [-0.25, -0.2) is 9.97 Å². The van der Waals surface area contributed by atoms with Crippen LogP contribution in [0.5, 0.6) is 0 Å². The number of aliphatic hydroxyl groups is 1. The molecule has 0 saturated carbocycles. The number of ether oxygens (including phenoxy) is 1. The minimum atomic E-state index is -1.21. The van der Waals surface area contributed by atoms with E-state index in [0.717, 1.165) is 0 Å². The summed E-state index contributed by atoms with van der Waals surface area (Å²) in [5, 5.41) is 19.7. The van der Waals surface area contributed by atoms with E-state index in [4.69, 9.17) is 10.00 Å². The van der Waals surface area contributed by atoms with Gasteiger partial charge in [0.05, 0.1) is 17.4 Å². The molecule has 1 rings (SSSR count). The minimum absolute atomic E-state index is 0.466. The van der Waals surface area contributed by atoms with Gasteiger partial charge in [0.25, 0.3) is 0 Å². The zero-order valence-electron chi connectivity index (χ0n) is 10.9. The number of nitriles is 1. The van der Waals surface area contributed by atoms with Crippen LogP contribution < -0.4 is 0 Å². The molecule has 1 aromatic heterocycles. The summed E-state index contributed by atoms with van der Waals surface area (Å²) < 4.78 is 5.38. The van der Waals surface area contributed by atoms with E-state index in [0.29, 0.717) is 10.9 Å². The molecule has 0 aliphatic rings. The highest BCUT2D eigenvalue weighted by atomic mass is 32.2. The molecule has 0 bridgehead atoms. The van der Waals surface area contributed by atoms with Gasteiger partial charge in [-0.15, -0.1) is 0 Å². The standard InChI is InChI=1S/C12H17N3O2S/c1-12(2,3)17-10(16)8(7-13)9-5-6-14-11(15-9)18-4/h5-6,8,10,16H,1-4H3. The number of hydrogen-bond donors (Lipinski definition) is 1. The third-order valence-corrected chi connectivity index (χ3v) is 2.62. The Morgan fingerprint density at radius 3 is 2.67 bits per heavy atom. The van der Waals surface area contributed by atoms with Gasteiger partial charge in [0.2, 0.25) is 0 Å². The predicted octanol–water partition coefficient (Wildman–Crippen LogP) is 1.94. The third-order valence-electron chi connectivity index (χ3n) is 2.05. The quantitative estimate of drug-likeness (QED) is 0.510. The lowest BCUT2D eigenvalue weighted by Crippen LogP contribution is -2.31. The van der Waals surface area contributed by atoms with E-state index in [-0.39, 0.29) is 0 Å². The summed E-state index contributed by atoms with van der Waals surface area (Å²) in [4.78, 5) is 8.23. The van der Waals surface area contributed by atoms with Crippen LogP contribution in [0.4, 0.5) is 0 Å². The fraction of sp³-hybridized carbons (Fsp3) is 0.583. The average molecular weight is 267 g/mol. The molecule has 1 heterocycles. The van der Waals surface area contributed by atoms with Crippen LogP contribution in [0.2, 0.25) is 0 Å². The number of hydrogen-bond acceptors (Lipinski definition) is 6. The molecule has 98 valence electrons. The molecule has 0 aliphatic heterocycles. The Bertz CT molecular complexity index is 440. The second kappa shape index (κ2) is 6.14. The summed E-state index contributed by atoms with van der Waals surface area (Å²) in [5.74, 6) is -0.821. The van der Waals surface area contributed by atoms with Crippen LogP contribution in [-0.2, 0) is 4.74 Å². The van der Waals surface area contributed by atoms with Crippen LogP contribution in [-0.4, -0.2) is 33.2 Å². The monoisotopic (exact) mass is 267 g/mol.